The molecule has 2 N–H and O–H groups in total. The van der Waals surface area contributed by atoms with Crippen molar-refractivity contribution in [1.29, 1.82) is 0 Å². The molecule has 4 aromatic rings. The van der Waals surface area contributed by atoms with E-state index in [-0.39, 0.29) is 11.0 Å². The molecule has 0 bridgehead atoms. The van der Waals surface area contributed by atoms with Crippen molar-refractivity contribution in [3.63, 3.8) is 0 Å². The first-order chi connectivity index (χ1) is 15.1. The molecule has 0 spiro atoms. The van der Waals surface area contributed by atoms with Gasteiger partial charge in [0.1, 0.15) is 11.5 Å². The third kappa shape index (κ3) is 4.82. The van der Waals surface area contributed by atoms with Crippen molar-refractivity contribution in [2.75, 3.05) is 19.5 Å². The number of ether oxygens (including phenoxy) is 2. The molecule has 1 amide bonds. The van der Waals surface area contributed by atoms with E-state index in [9.17, 15) is 4.79 Å². The van der Waals surface area contributed by atoms with Crippen LogP contribution >= 0.6 is 23.6 Å². The SMILES string of the molecule is COc1cc(OC)cc(C(=O)NC(=S)Nc2nc(-c3ccc4ccccc4c3)cs2)c1. The Hall–Kier alpha value is -3.49. The molecule has 0 saturated carbocycles. The van der Waals surface area contributed by atoms with Crippen LogP contribution in [0.4, 0.5) is 5.13 Å². The van der Waals surface area contributed by atoms with Crippen molar-refractivity contribution >= 4 is 50.5 Å². The van der Waals surface area contributed by atoms with Crippen molar-refractivity contribution in [3.05, 3.63) is 71.6 Å². The topological polar surface area (TPSA) is 72.5 Å². The summed E-state index contributed by atoms with van der Waals surface area (Å²) in [5, 5.41) is 10.7. The largest absolute Gasteiger partial charge is 0.497 e. The molecule has 0 radical (unpaired) electrons. The number of rotatable bonds is 5. The van der Waals surface area contributed by atoms with Crippen LogP contribution in [0.3, 0.4) is 0 Å². The van der Waals surface area contributed by atoms with E-state index >= 15 is 0 Å². The average molecular weight is 450 g/mol. The van der Waals surface area contributed by atoms with Gasteiger partial charge in [0.25, 0.3) is 5.91 Å². The predicted octanol–water partition coefficient (Wildman–Crippen LogP) is 5.11. The summed E-state index contributed by atoms with van der Waals surface area (Å²) in [5.41, 5.74) is 2.22. The first kappa shape index (κ1) is 20.8. The molecule has 4 rings (SSSR count). The average Bonchev–Trinajstić information content (AvgIpc) is 3.26. The maximum absolute atomic E-state index is 12.6. The maximum Gasteiger partial charge on any atom is 0.257 e. The second-order valence-electron chi connectivity index (χ2n) is 6.61. The first-order valence-electron chi connectivity index (χ1n) is 9.36. The van der Waals surface area contributed by atoms with E-state index in [4.69, 9.17) is 21.7 Å². The number of fused-ring (bicyclic) bond motifs is 1. The normalized spacial score (nSPS) is 10.5. The van der Waals surface area contributed by atoms with Crippen molar-refractivity contribution < 1.29 is 14.3 Å². The quantitative estimate of drug-likeness (QED) is 0.413. The number of thiocarbonyl (C=S) groups is 1. The van der Waals surface area contributed by atoms with Crippen molar-refractivity contribution in [2.24, 2.45) is 0 Å². The van der Waals surface area contributed by atoms with Crippen molar-refractivity contribution in [2.45, 2.75) is 0 Å². The number of carbonyl (C=O) groups excluding carboxylic acids is 1. The fourth-order valence-electron chi connectivity index (χ4n) is 3.05. The summed E-state index contributed by atoms with van der Waals surface area (Å²) >= 11 is 6.70. The number of methoxy groups -OCH3 is 2. The number of aromatic nitrogens is 1. The van der Waals surface area contributed by atoms with E-state index in [0.717, 1.165) is 16.6 Å². The Morgan fingerprint density at radius 1 is 0.968 bits per heavy atom. The lowest BCUT2D eigenvalue weighted by Gasteiger charge is -2.10. The summed E-state index contributed by atoms with van der Waals surface area (Å²) in [6.45, 7) is 0. The molecule has 0 aliphatic heterocycles. The Morgan fingerprint density at radius 2 is 1.68 bits per heavy atom. The summed E-state index contributed by atoms with van der Waals surface area (Å²) < 4.78 is 10.4. The van der Waals surface area contributed by atoms with Crippen molar-refractivity contribution in [3.8, 4) is 22.8 Å². The van der Waals surface area contributed by atoms with Crippen LogP contribution in [-0.2, 0) is 0 Å². The highest BCUT2D eigenvalue weighted by molar-refractivity contribution is 7.80. The lowest BCUT2D eigenvalue weighted by atomic mass is 10.1. The number of nitrogens with zero attached hydrogens (tertiary/aromatic N) is 1. The number of hydrogen-bond donors (Lipinski definition) is 2. The zero-order valence-electron chi connectivity index (χ0n) is 16.8. The number of benzene rings is 3. The van der Waals surface area contributed by atoms with E-state index in [1.54, 1.807) is 18.2 Å². The fourth-order valence-corrected chi connectivity index (χ4v) is 4.03. The smallest absolute Gasteiger partial charge is 0.257 e. The highest BCUT2D eigenvalue weighted by atomic mass is 32.1. The first-order valence-corrected chi connectivity index (χ1v) is 10.6. The summed E-state index contributed by atoms with van der Waals surface area (Å²) in [7, 11) is 3.05. The van der Waals surface area contributed by atoms with E-state index in [2.05, 4.69) is 39.9 Å². The summed E-state index contributed by atoms with van der Waals surface area (Å²) in [5.74, 6) is 0.660. The number of anilines is 1. The van der Waals surface area contributed by atoms with Gasteiger partial charge in [0.05, 0.1) is 19.9 Å². The Balaban J connectivity index is 1.44. The molecule has 31 heavy (non-hydrogen) atoms. The van der Waals surface area contributed by atoms with Crippen LogP contribution in [-0.4, -0.2) is 30.2 Å². The molecule has 0 atom stereocenters. The molecule has 156 valence electrons. The lowest BCUT2D eigenvalue weighted by molar-refractivity contribution is 0.0977. The minimum atomic E-state index is -0.374. The molecular formula is C23H19N3O3S2. The van der Waals surface area contributed by atoms with Crippen LogP contribution in [0.25, 0.3) is 22.0 Å². The molecule has 6 nitrogen and oxygen atoms in total. The Morgan fingerprint density at radius 3 is 2.39 bits per heavy atom. The van der Waals surface area contributed by atoms with Crippen LogP contribution in [0, 0.1) is 0 Å². The third-order valence-corrected chi connectivity index (χ3v) is 5.57. The number of nitrogens with one attached hydrogen (secondary N) is 2. The Bertz CT molecular complexity index is 1250. The van der Waals surface area contributed by atoms with Gasteiger partial charge in [-0.25, -0.2) is 4.98 Å². The Kier molecular flexibility index (Phi) is 6.11. The van der Waals surface area contributed by atoms with Gasteiger partial charge in [-0.2, -0.15) is 0 Å². The molecule has 1 aromatic heterocycles. The van der Waals surface area contributed by atoms with Gasteiger partial charge in [-0.1, -0.05) is 36.4 Å². The molecule has 0 aliphatic rings. The van der Waals surface area contributed by atoms with E-state index in [1.165, 1.54) is 30.9 Å². The highest BCUT2D eigenvalue weighted by Gasteiger charge is 2.13. The summed E-state index contributed by atoms with van der Waals surface area (Å²) in [4.78, 5) is 17.2. The summed E-state index contributed by atoms with van der Waals surface area (Å²) in [6.07, 6.45) is 0. The zero-order chi connectivity index (χ0) is 21.8. The maximum atomic E-state index is 12.6. The van der Waals surface area contributed by atoms with E-state index in [0.29, 0.717) is 22.2 Å². The minimum absolute atomic E-state index is 0.159. The molecule has 1 heterocycles. The molecule has 3 aromatic carbocycles. The van der Waals surface area contributed by atoms with Gasteiger partial charge in [0, 0.05) is 22.6 Å². The van der Waals surface area contributed by atoms with Gasteiger partial charge in [-0.05, 0) is 41.2 Å². The number of hydrogen-bond acceptors (Lipinski definition) is 6. The molecule has 0 saturated heterocycles. The molecule has 8 heteroatoms. The minimum Gasteiger partial charge on any atom is -0.497 e. The van der Waals surface area contributed by atoms with Gasteiger partial charge in [-0.3, -0.25) is 10.1 Å². The third-order valence-electron chi connectivity index (χ3n) is 4.61. The monoisotopic (exact) mass is 449 g/mol. The number of amides is 1. The second-order valence-corrected chi connectivity index (χ2v) is 7.88. The van der Waals surface area contributed by atoms with Crippen LogP contribution in [0.5, 0.6) is 11.5 Å². The summed E-state index contributed by atoms with van der Waals surface area (Å²) in [6, 6.07) is 19.3. The fraction of sp³-hybridized carbons (Fsp3) is 0.0870. The highest BCUT2D eigenvalue weighted by Crippen LogP contribution is 2.28. The molecule has 0 fully saturated rings. The van der Waals surface area contributed by atoms with E-state index < -0.39 is 0 Å². The van der Waals surface area contributed by atoms with Crippen LogP contribution in [0.1, 0.15) is 10.4 Å². The van der Waals surface area contributed by atoms with E-state index in [1.807, 2.05) is 23.6 Å². The van der Waals surface area contributed by atoms with Crippen molar-refractivity contribution in [1.82, 2.24) is 10.3 Å². The second kappa shape index (κ2) is 9.11. The van der Waals surface area contributed by atoms with Crippen LogP contribution < -0.4 is 20.1 Å². The van der Waals surface area contributed by atoms with Crippen LogP contribution in [0.15, 0.2) is 66.0 Å². The molecule has 0 unspecified atom stereocenters. The lowest BCUT2D eigenvalue weighted by Crippen LogP contribution is -2.34. The number of thiazole rings is 1. The van der Waals surface area contributed by atoms with Gasteiger partial charge >= 0.3 is 0 Å². The Labute approximate surface area is 188 Å². The van der Waals surface area contributed by atoms with Gasteiger partial charge in [0.2, 0.25) is 0 Å². The number of carbonyl (C=O) groups is 1. The standard InChI is InChI=1S/C23H19N3O3S2/c1-28-18-10-17(11-19(12-18)29-2)21(27)25-22(30)26-23-24-20(13-31-23)16-8-7-14-5-3-4-6-15(14)9-16/h3-13H,1-2H3,(H2,24,25,26,27,30). The van der Waals surface area contributed by atoms with Gasteiger partial charge in [0.15, 0.2) is 10.2 Å². The predicted molar refractivity (Wildman–Crippen MR) is 128 cm³/mol. The molecular weight excluding hydrogens is 430 g/mol. The van der Waals surface area contributed by atoms with Gasteiger partial charge in [-0.15, -0.1) is 11.3 Å². The van der Waals surface area contributed by atoms with Crippen LogP contribution in [0.2, 0.25) is 0 Å². The molecule has 0 aliphatic carbocycles. The van der Waals surface area contributed by atoms with Gasteiger partial charge < -0.3 is 14.8 Å². The zero-order valence-corrected chi connectivity index (χ0v) is 18.5.